The van der Waals surface area contributed by atoms with Crippen LogP contribution in [0.3, 0.4) is 0 Å². The van der Waals surface area contributed by atoms with Crippen molar-refractivity contribution in [1.82, 2.24) is 25.5 Å². The predicted molar refractivity (Wildman–Crippen MR) is 79.2 cm³/mol. The third-order valence-electron chi connectivity index (χ3n) is 3.01. The van der Waals surface area contributed by atoms with Gasteiger partial charge in [-0.3, -0.25) is 10.1 Å². The van der Waals surface area contributed by atoms with Gasteiger partial charge in [0.25, 0.3) is 0 Å². The summed E-state index contributed by atoms with van der Waals surface area (Å²) in [6, 6.07) is 6.18. The lowest BCUT2D eigenvalue weighted by Crippen LogP contribution is -2.18. The molecule has 3 heterocycles. The number of aromatic nitrogens is 4. The second-order valence-corrected chi connectivity index (χ2v) is 5.42. The zero-order valence-electron chi connectivity index (χ0n) is 11.1. The Morgan fingerprint density at radius 1 is 1.40 bits per heavy atom. The molecule has 20 heavy (non-hydrogen) atoms. The van der Waals surface area contributed by atoms with Crippen LogP contribution in [0.2, 0.25) is 0 Å². The number of hydrogen-bond acceptors (Lipinski definition) is 5. The fourth-order valence-corrected chi connectivity index (χ4v) is 2.58. The number of thiazole rings is 1. The first-order chi connectivity index (χ1) is 9.83. The van der Waals surface area contributed by atoms with Crippen molar-refractivity contribution in [2.24, 2.45) is 0 Å². The highest BCUT2D eigenvalue weighted by molar-refractivity contribution is 7.09. The molecule has 1 atom stereocenters. The van der Waals surface area contributed by atoms with Gasteiger partial charge in [-0.05, 0) is 25.1 Å². The summed E-state index contributed by atoms with van der Waals surface area (Å²) in [5, 5.41) is 13.9. The van der Waals surface area contributed by atoms with E-state index in [0.717, 1.165) is 28.5 Å². The van der Waals surface area contributed by atoms with Crippen LogP contribution in [0.5, 0.6) is 0 Å². The molecule has 0 aliphatic rings. The minimum Gasteiger partial charge on any atom is -0.302 e. The van der Waals surface area contributed by atoms with Crippen LogP contribution in [0.25, 0.3) is 11.3 Å². The van der Waals surface area contributed by atoms with Gasteiger partial charge >= 0.3 is 0 Å². The topological polar surface area (TPSA) is 66.5 Å². The molecule has 0 aliphatic carbocycles. The van der Waals surface area contributed by atoms with E-state index in [1.54, 1.807) is 17.5 Å². The van der Waals surface area contributed by atoms with Gasteiger partial charge in [0.1, 0.15) is 5.01 Å². The van der Waals surface area contributed by atoms with Gasteiger partial charge in [0.2, 0.25) is 0 Å². The Balaban J connectivity index is 1.63. The molecule has 0 saturated heterocycles. The summed E-state index contributed by atoms with van der Waals surface area (Å²) < 4.78 is 0. The van der Waals surface area contributed by atoms with Crippen LogP contribution in [0.15, 0.2) is 42.2 Å². The van der Waals surface area contributed by atoms with E-state index in [1.807, 2.05) is 36.0 Å². The quantitative estimate of drug-likeness (QED) is 0.756. The second kappa shape index (κ2) is 5.94. The molecule has 0 spiro atoms. The molecule has 3 aromatic heterocycles. The minimum absolute atomic E-state index is 0.236. The van der Waals surface area contributed by atoms with Crippen molar-refractivity contribution in [3.8, 4) is 11.3 Å². The number of nitrogens with one attached hydrogen (secondary N) is 2. The predicted octanol–water partition coefficient (Wildman–Crippen LogP) is 2.78. The van der Waals surface area contributed by atoms with Crippen molar-refractivity contribution in [2.75, 3.05) is 0 Å². The average Bonchev–Trinajstić information content (AvgIpc) is 3.17. The number of pyridine rings is 1. The van der Waals surface area contributed by atoms with Crippen molar-refractivity contribution in [2.45, 2.75) is 19.5 Å². The van der Waals surface area contributed by atoms with Crippen LogP contribution < -0.4 is 5.32 Å². The Labute approximate surface area is 121 Å². The summed E-state index contributed by atoms with van der Waals surface area (Å²) in [6.45, 7) is 2.84. The maximum atomic E-state index is 4.31. The van der Waals surface area contributed by atoms with Gasteiger partial charge in [-0.1, -0.05) is 0 Å². The molecule has 0 aromatic carbocycles. The third-order valence-corrected chi connectivity index (χ3v) is 3.97. The fraction of sp³-hybridized carbons (Fsp3) is 0.214. The van der Waals surface area contributed by atoms with E-state index in [4.69, 9.17) is 0 Å². The Morgan fingerprint density at radius 3 is 3.10 bits per heavy atom. The van der Waals surface area contributed by atoms with E-state index < -0.39 is 0 Å². The molecule has 6 heteroatoms. The molecule has 3 rings (SSSR count). The fourth-order valence-electron chi connectivity index (χ4n) is 1.91. The van der Waals surface area contributed by atoms with Gasteiger partial charge in [0, 0.05) is 41.8 Å². The van der Waals surface area contributed by atoms with Crippen LogP contribution in [-0.4, -0.2) is 20.2 Å². The number of nitrogens with zero attached hydrogens (tertiary/aromatic N) is 3. The van der Waals surface area contributed by atoms with E-state index in [2.05, 4.69) is 32.4 Å². The smallest absolute Gasteiger partial charge is 0.109 e. The SMILES string of the molecule is CC(NCc1cc(-c2cccnc2)n[nH]1)c1nccs1. The molecule has 5 nitrogen and oxygen atoms in total. The van der Waals surface area contributed by atoms with Crippen molar-refractivity contribution >= 4 is 11.3 Å². The summed E-state index contributed by atoms with van der Waals surface area (Å²) in [4.78, 5) is 8.41. The first-order valence-corrected chi connectivity index (χ1v) is 7.28. The van der Waals surface area contributed by atoms with Crippen molar-refractivity contribution in [3.63, 3.8) is 0 Å². The second-order valence-electron chi connectivity index (χ2n) is 4.49. The Bertz CT molecular complexity index is 647. The molecule has 0 saturated carbocycles. The Morgan fingerprint density at radius 2 is 2.35 bits per heavy atom. The van der Waals surface area contributed by atoms with E-state index in [9.17, 15) is 0 Å². The highest BCUT2D eigenvalue weighted by Crippen LogP contribution is 2.18. The molecule has 3 aromatic rings. The summed E-state index contributed by atoms with van der Waals surface area (Å²) in [7, 11) is 0. The van der Waals surface area contributed by atoms with Gasteiger partial charge in [-0.2, -0.15) is 5.10 Å². The summed E-state index contributed by atoms with van der Waals surface area (Å²) >= 11 is 1.66. The van der Waals surface area contributed by atoms with Crippen molar-refractivity contribution < 1.29 is 0 Å². The maximum absolute atomic E-state index is 4.31. The first-order valence-electron chi connectivity index (χ1n) is 6.40. The Kier molecular flexibility index (Phi) is 3.85. The van der Waals surface area contributed by atoms with E-state index >= 15 is 0 Å². The van der Waals surface area contributed by atoms with Crippen LogP contribution in [0.4, 0.5) is 0 Å². The van der Waals surface area contributed by atoms with Crippen LogP contribution >= 0.6 is 11.3 Å². The Hall–Kier alpha value is -2.05. The normalized spacial score (nSPS) is 12.4. The molecule has 0 fully saturated rings. The molecule has 0 bridgehead atoms. The van der Waals surface area contributed by atoms with Crippen LogP contribution in [0, 0.1) is 0 Å². The van der Waals surface area contributed by atoms with Gasteiger partial charge in [-0.15, -0.1) is 11.3 Å². The average molecular weight is 285 g/mol. The molecule has 0 radical (unpaired) electrons. The van der Waals surface area contributed by atoms with Crippen LogP contribution in [-0.2, 0) is 6.54 Å². The largest absolute Gasteiger partial charge is 0.302 e. The molecule has 2 N–H and O–H groups in total. The summed E-state index contributed by atoms with van der Waals surface area (Å²) in [5.41, 5.74) is 2.98. The molecular formula is C14H15N5S. The number of rotatable bonds is 5. The van der Waals surface area contributed by atoms with Crippen molar-refractivity contribution in [1.29, 1.82) is 0 Å². The number of hydrogen-bond donors (Lipinski definition) is 2. The molecule has 0 aliphatic heterocycles. The lowest BCUT2D eigenvalue weighted by atomic mass is 10.2. The highest BCUT2D eigenvalue weighted by atomic mass is 32.1. The zero-order chi connectivity index (χ0) is 13.8. The lowest BCUT2D eigenvalue weighted by molar-refractivity contribution is 0.564. The lowest BCUT2D eigenvalue weighted by Gasteiger charge is -2.09. The van der Waals surface area contributed by atoms with Crippen LogP contribution in [0.1, 0.15) is 23.7 Å². The number of H-pyrrole nitrogens is 1. The standard InChI is InChI=1S/C14H15N5S/c1-10(14-16-5-6-20-14)17-9-12-7-13(19-18-12)11-3-2-4-15-8-11/h2-8,10,17H,9H2,1H3,(H,18,19). The van der Waals surface area contributed by atoms with Gasteiger partial charge in [0.15, 0.2) is 0 Å². The highest BCUT2D eigenvalue weighted by Gasteiger charge is 2.09. The molecule has 1 unspecified atom stereocenters. The maximum Gasteiger partial charge on any atom is 0.109 e. The zero-order valence-corrected chi connectivity index (χ0v) is 11.9. The molecular weight excluding hydrogens is 270 g/mol. The third kappa shape index (κ3) is 2.92. The van der Waals surface area contributed by atoms with E-state index in [-0.39, 0.29) is 6.04 Å². The van der Waals surface area contributed by atoms with E-state index in [0.29, 0.717) is 0 Å². The number of aromatic amines is 1. The van der Waals surface area contributed by atoms with Gasteiger partial charge in [-0.25, -0.2) is 4.98 Å². The molecule has 0 amide bonds. The van der Waals surface area contributed by atoms with Gasteiger partial charge < -0.3 is 5.32 Å². The monoisotopic (exact) mass is 285 g/mol. The summed E-state index contributed by atoms with van der Waals surface area (Å²) in [5.74, 6) is 0. The first kappa shape index (κ1) is 13.0. The summed E-state index contributed by atoms with van der Waals surface area (Å²) in [6.07, 6.45) is 5.40. The van der Waals surface area contributed by atoms with Gasteiger partial charge in [0.05, 0.1) is 11.7 Å². The van der Waals surface area contributed by atoms with Crippen molar-refractivity contribution in [3.05, 3.63) is 52.9 Å². The minimum atomic E-state index is 0.236. The van der Waals surface area contributed by atoms with E-state index in [1.165, 1.54) is 0 Å². The molecule has 102 valence electrons.